The summed E-state index contributed by atoms with van der Waals surface area (Å²) >= 11 is 0. The molecule has 0 radical (unpaired) electrons. The van der Waals surface area contributed by atoms with Gasteiger partial charge in [-0.25, -0.2) is 4.79 Å². The van der Waals surface area contributed by atoms with Crippen LogP contribution in [0.2, 0.25) is 0 Å². The standard InChI is InChI=1S/C17H19F3N2O3/c1-3-4-9-16(2)14(24)22(15(25)21-16)10-13(23)11-5-7-12(8-6-11)17(18,19)20/h5-8H,3-4,9-10H2,1-2H3,(H,21,25). The minimum absolute atomic E-state index is 0.00996. The molecule has 8 heteroatoms. The van der Waals surface area contributed by atoms with Gasteiger partial charge in [-0.15, -0.1) is 0 Å². The van der Waals surface area contributed by atoms with Gasteiger partial charge in [0.1, 0.15) is 5.54 Å². The van der Waals surface area contributed by atoms with Gasteiger partial charge in [-0.1, -0.05) is 31.9 Å². The molecule has 1 heterocycles. The van der Waals surface area contributed by atoms with E-state index in [1.807, 2.05) is 6.92 Å². The highest BCUT2D eigenvalue weighted by Crippen LogP contribution is 2.29. The largest absolute Gasteiger partial charge is 0.416 e. The predicted molar refractivity (Wildman–Crippen MR) is 83.9 cm³/mol. The summed E-state index contributed by atoms with van der Waals surface area (Å²) in [6, 6.07) is 3.01. The number of carbonyl (C=O) groups excluding carboxylic acids is 3. The Balaban J connectivity index is 2.10. The number of Topliss-reactive ketones (excluding diaryl/α,β-unsaturated/α-hetero) is 1. The van der Waals surface area contributed by atoms with Crippen LogP contribution < -0.4 is 5.32 Å². The van der Waals surface area contributed by atoms with E-state index in [2.05, 4.69) is 5.32 Å². The molecule has 2 rings (SSSR count). The molecule has 3 amide bonds. The minimum atomic E-state index is -4.49. The first-order chi connectivity index (χ1) is 11.6. The predicted octanol–water partition coefficient (Wildman–Crippen LogP) is 3.39. The molecule has 25 heavy (non-hydrogen) atoms. The lowest BCUT2D eigenvalue weighted by molar-refractivity contribution is -0.137. The first-order valence-corrected chi connectivity index (χ1v) is 7.93. The van der Waals surface area contributed by atoms with Gasteiger partial charge in [-0.2, -0.15) is 13.2 Å². The van der Waals surface area contributed by atoms with Gasteiger partial charge >= 0.3 is 12.2 Å². The van der Waals surface area contributed by atoms with Crippen LogP contribution in [0.15, 0.2) is 24.3 Å². The number of hydrogen-bond donors (Lipinski definition) is 1. The van der Waals surface area contributed by atoms with Gasteiger partial charge in [0.05, 0.1) is 12.1 Å². The van der Waals surface area contributed by atoms with Crippen LogP contribution in [-0.2, 0) is 11.0 Å². The smallest absolute Gasteiger partial charge is 0.323 e. The van der Waals surface area contributed by atoms with Crippen molar-refractivity contribution in [3.05, 3.63) is 35.4 Å². The second-order valence-corrected chi connectivity index (χ2v) is 6.26. The molecule has 0 aromatic heterocycles. The Morgan fingerprint density at radius 3 is 2.32 bits per heavy atom. The minimum Gasteiger partial charge on any atom is -0.323 e. The summed E-state index contributed by atoms with van der Waals surface area (Å²) < 4.78 is 37.6. The molecule has 1 atom stereocenters. The van der Waals surface area contributed by atoms with Crippen molar-refractivity contribution in [1.29, 1.82) is 0 Å². The zero-order chi connectivity index (χ0) is 18.8. The van der Waals surface area contributed by atoms with Crippen molar-refractivity contribution >= 4 is 17.7 Å². The Kier molecular flexibility index (Phi) is 5.20. The van der Waals surface area contributed by atoms with E-state index in [0.717, 1.165) is 42.0 Å². The molecule has 1 fully saturated rings. The van der Waals surface area contributed by atoms with Crippen LogP contribution >= 0.6 is 0 Å². The second-order valence-electron chi connectivity index (χ2n) is 6.26. The topological polar surface area (TPSA) is 66.5 Å². The van der Waals surface area contributed by atoms with Crippen LogP contribution in [0.5, 0.6) is 0 Å². The van der Waals surface area contributed by atoms with E-state index in [0.29, 0.717) is 6.42 Å². The number of benzene rings is 1. The monoisotopic (exact) mass is 356 g/mol. The van der Waals surface area contributed by atoms with Crippen molar-refractivity contribution < 1.29 is 27.6 Å². The van der Waals surface area contributed by atoms with E-state index < -0.39 is 41.5 Å². The van der Waals surface area contributed by atoms with Crippen molar-refractivity contribution in [2.75, 3.05) is 6.54 Å². The first-order valence-electron chi connectivity index (χ1n) is 7.93. The summed E-state index contributed by atoms with van der Waals surface area (Å²) in [4.78, 5) is 37.5. The molecule has 1 N–H and O–H groups in total. The average Bonchev–Trinajstić information content (AvgIpc) is 2.76. The van der Waals surface area contributed by atoms with Gasteiger partial charge in [0.15, 0.2) is 5.78 Å². The number of amides is 3. The molecule has 1 unspecified atom stereocenters. The number of unbranched alkanes of at least 4 members (excludes halogenated alkanes) is 1. The van der Waals surface area contributed by atoms with Gasteiger partial charge in [0.2, 0.25) is 0 Å². The fourth-order valence-electron chi connectivity index (χ4n) is 2.67. The van der Waals surface area contributed by atoms with E-state index in [4.69, 9.17) is 0 Å². The van der Waals surface area contributed by atoms with Gasteiger partial charge in [0.25, 0.3) is 5.91 Å². The number of rotatable bonds is 6. The SMILES string of the molecule is CCCCC1(C)NC(=O)N(CC(=O)c2ccc(C(F)(F)F)cc2)C1=O. The number of carbonyl (C=O) groups is 3. The third-order valence-electron chi connectivity index (χ3n) is 4.21. The zero-order valence-corrected chi connectivity index (χ0v) is 13.9. The summed E-state index contributed by atoms with van der Waals surface area (Å²) in [6.45, 7) is 3.06. The van der Waals surface area contributed by atoms with Crippen LogP contribution in [0, 0.1) is 0 Å². The Bertz CT molecular complexity index is 685. The van der Waals surface area contributed by atoms with Crippen LogP contribution in [0.4, 0.5) is 18.0 Å². The highest BCUT2D eigenvalue weighted by Gasteiger charge is 2.47. The maximum atomic E-state index is 12.5. The van der Waals surface area contributed by atoms with Crippen molar-refractivity contribution in [3.63, 3.8) is 0 Å². The molecular weight excluding hydrogens is 337 g/mol. The molecule has 0 aliphatic carbocycles. The van der Waals surface area contributed by atoms with Gasteiger partial charge in [-0.3, -0.25) is 14.5 Å². The average molecular weight is 356 g/mol. The lowest BCUT2D eigenvalue weighted by Gasteiger charge is -2.21. The number of halogens is 3. The van der Waals surface area contributed by atoms with Crippen molar-refractivity contribution in [2.45, 2.75) is 44.8 Å². The number of alkyl halides is 3. The van der Waals surface area contributed by atoms with E-state index in [-0.39, 0.29) is 5.56 Å². The van der Waals surface area contributed by atoms with Gasteiger partial charge in [-0.05, 0) is 25.5 Å². The van der Waals surface area contributed by atoms with Crippen molar-refractivity contribution in [2.24, 2.45) is 0 Å². The number of urea groups is 1. The summed E-state index contributed by atoms with van der Waals surface area (Å²) in [5.74, 6) is -1.09. The first kappa shape index (κ1) is 19.0. The van der Waals surface area contributed by atoms with E-state index >= 15 is 0 Å². The quantitative estimate of drug-likeness (QED) is 0.628. The van der Waals surface area contributed by atoms with Gasteiger partial charge < -0.3 is 5.32 Å². The Morgan fingerprint density at radius 1 is 1.20 bits per heavy atom. The molecule has 1 aliphatic rings. The van der Waals surface area contributed by atoms with Crippen LogP contribution in [0.1, 0.15) is 49.0 Å². The highest BCUT2D eigenvalue weighted by molar-refractivity contribution is 6.10. The lowest BCUT2D eigenvalue weighted by Crippen LogP contribution is -2.44. The molecule has 1 aliphatic heterocycles. The molecule has 5 nitrogen and oxygen atoms in total. The van der Waals surface area contributed by atoms with Crippen molar-refractivity contribution in [3.8, 4) is 0 Å². The maximum Gasteiger partial charge on any atom is 0.416 e. The number of nitrogens with one attached hydrogen (secondary N) is 1. The highest BCUT2D eigenvalue weighted by atomic mass is 19.4. The summed E-state index contributed by atoms with van der Waals surface area (Å²) in [5.41, 5.74) is -1.91. The fourth-order valence-corrected chi connectivity index (χ4v) is 2.67. The number of hydrogen-bond acceptors (Lipinski definition) is 3. The number of ketones is 1. The molecule has 1 saturated heterocycles. The van der Waals surface area contributed by atoms with E-state index in [9.17, 15) is 27.6 Å². The zero-order valence-electron chi connectivity index (χ0n) is 13.9. The molecule has 0 saturated carbocycles. The molecule has 0 spiro atoms. The fraction of sp³-hybridized carbons (Fsp3) is 0.471. The van der Waals surface area contributed by atoms with E-state index in [1.165, 1.54) is 0 Å². The van der Waals surface area contributed by atoms with Crippen LogP contribution in [0.3, 0.4) is 0 Å². The third kappa shape index (κ3) is 4.00. The number of imide groups is 1. The van der Waals surface area contributed by atoms with Crippen LogP contribution in [0.25, 0.3) is 0 Å². The molecule has 136 valence electrons. The molecule has 1 aromatic rings. The number of nitrogens with zero attached hydrogens (tertiary/aromatic N) is 1. The maximum absolute atomic E-state index is 12.5. The van der Waals surface area contributed by atoms with Crippen molar-refractivity contribution in [1.82, 2.24) is 10.2 Å². The third-order valence-corrected chi connectivity index (χ3v) is 4.21. The molecule has 0 bridgehead atoms. The van der Waals surface area contributed by atoms with Gasteiger partial charge in [0, 0.05) is 5.56 Å². The lowest BCUT2D eigenvalue weighted by atomic mass is 9.95. The van der Waals surface area contributed by atoms with Crippen LogP contribution in [-0.4, -0.2) is 34.7 Å². The summed E-state index contributed by atoms with van der Waals surface area (Å²) in [6.07, 6.45) is -2.45. The Hall–Kier alpha value is -2.38. The molecular formula is C17H19F3N2O3. The Morgan fingerprint density at radius 2 is 1.80 bits per heavy atom. The summed E-state index contributed by atoms with van der Waals surface area (Å²) in [5, 5.41) is 2.59. The normalized spacial score (nSPS) is 20.8. The Labute approximate surface area is 143 Å². The second kappa shape index (κ2) is 6.85. The summed E-state index contributed by atoms with van der Waals surface area (Å²) in [7, 11) is 0. The van der Waals surface area contributed by atoms with E-state index in [1.54, 1.807) is 6.92 Å². The molecule has 1 aromatic carbocycles.